The number of hydrogen-bond acceptors (Lipinski definition) is 6. The first kappa shape index (κ1) is 14.8. The van der Waals surface area contributed by atoms with Crippen LogP contribution >= 0.6 is 0 Å². The van der Waals surface area contributed by atoms with Gasteiger partial charge in [-0.1, -0.05) is 0 Å². The van der Waals surface area contributed by atoms with Gasteiger partial charge in [0, 0.05) is 11.1 Å². The molecule has 0 fully saturated rings. The van der Waals surface area contributed by atoms with E-state index in [9.17, 15) is 4.79 Å². The van der Waals surface area contributed by atoms with Crippen molar-refractivity contribution in [2.24, 2.45) is 0 Å². The van der Waals surface area contributed by atoms with Gasteiger partial charge >= 0.3 is 5.97 Å². The third kappa shape index (κ3) is 2.88. The van der Waals surface area contributed by atoms with E-state index in [1.165, 1.54) is 18.5 Å². The van der Waals surface area contributed by atoms with Crippen LogP contribution < -0.4 is 0 Å². The molecule has 0 aliphatic carbocycles. The highest BCUT2D eigenvalue weighted by molar-refractivity contribution is 5.88. The fourth-order valence-corrected chi connectivity index (χ4v) is 2.31. The van der Waals surface area contributed by atoms with Crippen LogP contribution in [0, 0.1) is 0 Å². The van der Waals surface area contributed by atoms with Crippen molar-refractivity contribution in [3.05, 3.63) is 66.7 Å². The minimum absolute atomic E-state index is 0.201. The standard InChI is InChI=1S/C17H11N5O3/c23-17(24)13-3-1-11(2-4-13)15-20-21-16(25-15)12-5-7-14(8-6-12)22-10-18-9-19-22/h1-10H,(H,23,24). The molecule has 0 saturated carbocycles. The van der Waals surface area contributed by atoms with Gasteiger partial charge in [-0.15, -0.1) is 10.2 Å². The van der Waals surface area contributed by atoms with Gasteiger partial charge in [0.05, 0.1) is 11.3 Å². The number of nitrogens with zero attached hydrogens (tertiary/aromatic N) is 5. The molecule has 0 aliphatic rings. The summed E-state index contributed by atoms with van der Waals surface area (Å²) < 4.78 is 7.33. The summed E-state index contributed by atoms with van der Waals surface area (Å²) in [5, 5.41) is 21.1. The molecule has 25 heavy (non-hydrogen) atoms. The second kappa shape index (κ2) is 6.00. The molecular weight excluding hydrogens is 322 g/mol. The lowest BCUT2D eigenvalue weighted by atomic mass is 10.1. The number of carboxylic acid groups (broad SMARTS) is 1. The van der Waals surface area contributed by atoms with Gasteiger partial charge in [-0.05, 0) is 48.5 Å². The first-order valence-electron chi connectivity index (χ1n) is 7.33. The molecule has 122 valence electrons. The maximum atomic E-state index is 10.9. The molecule has 0 aliphatic heterocycles. The number of carbonyl (C=O) groups is 1. The molecule has 1 N–H and O–H groups in total. The SMILES string of the molecule is O=C(O)c1ccc(-c2nnc(-c3ccc(-n4cncn4)cc3)o2)cc1. The number of aromatic carboxylic acids is 1. The summed E-state index contributed by atoms with van der Waals surface area (Å²) in [6.45, 7) is 0. The maximum absolute atomic E-state index is 10.9. The molecule has 2 aromatic carbocycles. The Hall–Kier alpha value is -3.81. The zero-order chi connectivity index (χ0) is 17.2. The van der Waals surface area contributed by atoms with Gasteiger partial charge in [-0.25, -0.2) is 14.5 Å². The number of rotatable bonds is 4. The van der Waals surface area contributed by atoms with Crippen molar-refractivity contribution in [3.8, 4) is 28.6 Å². The van der Waals surface area contributed by atoms with E-state index in [4.69, 9.17) is 9.52 Å². The summed E-state index contributed by atoms with van der Waals surface area (Å²) in [4.78, 5) is 14.8. The predicted octanol–water partition coefficient (Wildman–Crippen LogP) is 2.68. The summed E-state index contributed by atoms with van der Waals surface area (Å²) in [6.07, 6.45) is 3.08. The van der Waals surface area contributed by atoms with Crippen LogP contribution in [0.15, 0.2) is 65.6 Å². The second-order valence-electron chi connectivity index (χ2n) is 5.18. The summed E-state index contributed by atoms with van der Waals surface area (Å²) in [7, 11) is 0. The van der Waals surface area contributed by atoms with Crippen LogP contribution in [0.2, 0.25) is 0 Å². The lowest BCUT2D eigenvalue weighted by Gasteiger charge is -2.00. The molecule has 4 rings (SSSR count). The normalized spacial score (nSPS) is 10.7. The molecule has 0 saturated heterocycles. The van der Waals surface area contributed by atoms with Crippen molar-refractivity contribution in [1.29, 1.82) is 0 Å². The van der Waals surface area contributed by atoms with Crippen molar-refractivity contribution in [3.63, 3.8) is 0 Å². The Balaban J connectivity index is 1.59. The van der Waals surface area contributed by atoms with Crippen molar-refractivity contribution in [1.82, 2.24) is 25.0 Å². The van der Waals surface area contributed by atoms with Gasteiger partial charge in [0.1, 0.15) is 12.7 Å². The lowest BCUT2D eigenvalue weighted by molar-refractivity contribution is 0.0697. The van der Waals surface area contributed by atoms with Crippen molar-refractivity contribution >= 4 is 5.97 Å². The molecule has 0 spiro atoms. The van der Waals surface area contributed by atoms with Crippen LogP contribution in [-0.4, -0.2) is 36.0 Å². The average molecular weight is 333 g/mol. The first-order chi connectivity index (χ1) is 12.2. The van der Waals surface area contributed by atoms with E-state index < -0.39 is 5.97 Å². The summed E-state index contributed by atoms with van der Waals surface area (Å²) in [5.74, 6) is -0.278. The van der Waals surface area contributed by atoms with Gasteiger partial charge in [-0.2, -0.15) is 5.10 Å². The summed E-state index contributed by atoms with van der Waals surface area (Å²) in [6, 6.07) is 13.7. The molecule has 4 aromatic rings. The number of hydrogen-bond donors (Lipinski definition) is 1. The number of benzene rings is 2. The van der Waals surface area contributed by atoms with E-state index in [1.54, 1.807) is 23.1 Å². The Bertz CT molecular complexity index is 1010. The largest absolute Gasteiger partial charge is 0.478 e. The van der Waals surface area contributed by atoms with E-state index in [-0.39, 0.29) is 5.56 Å². The molecule has 8 heteroatoms. The zero-order valence-electron chi connectivity index (χ0n) is 12.8. The van der Waals surface area contributed by atoms with Crippen molar-refractivity contribution in [2.45, 2.75) is 0 Å². The monoisotopic (exact) mass is 333 g/mol. The topological polar surface area (TPSA) is 107 Å². The molecule has 0 bridgehead atoms. The second-order valence-corrected chi connectivity index (χ2v) is 5.18. The third-order valence-electron chi connectivity index (χ3n) is 3.60. The van der Waals surface area contributed by atoms with E-state index in [0.29, 0.717) is 17.3 Å². The lowest BCUT2D eigenvalue weighted by Crippen LogP contribution is -1.94. The molecule has 2 heterocycles. The molecule has 0 atom stereocenters. The Labute approximate surface area is 141 Å². The van der Waals surface area contributed by atoms with Crippen LogP contribution in [0.4, 0.5) is 0 Å². The van der Waals surface area contributed by atoms with Gasteiger partial charge in [0.25, 0.3) is 0 Å². The van der Waals surface area contributed by atoms with E-state index >= 15 is 0 Å². The summed E-state index contributed by atoms with van der Waals surface area (Å²) in [5.41, 5.74) is 2.49. The highest BCUT2D eigenvalue weighted by Crippen LogP contribution is 2.24. The van der Waals surface area contributed by atoms with E-state index in [0.717, 1.165) is 11.3 Å². The van der Waals surface area contributed by atoms with Crippen LogP contribution in [0.1, 0.15) is 10.4 Å². The van der Waals surface area contributed by atoms with Gasteiger partial charge in [0.15, 0.2) is 0 Å². The quantitative estimate of drug-likeness (QED) is 0.612. The molecule has 0 amide bonds. The highest BCUT2D eigenvalue weighted by Gasteiger charge is 2.11. The minimum Gasteiger partial charge on any atom is -0.478 e. The number of aromatic nitrogens is 5. The van der Waals surface area contributed by atoms with Crippen LogP contribution in [0.5, 0.6) is 0 Å². The van der Waals surface area contributed by atoms with Gasteiger partial charge < -0.3 is 9.52 Å². The smallest absolute Gasteiger partial charge is 0.335 e. The fourth-order valence-electron chi connectivity index (χ4n) is 2.31. The molecule has 0 radical (unpaired) electrons. The Morgan fingerprint density at radius 2 is 1.52 bits per heavy atom. The van der Waals surface area contributed by atoms with Crippen molar-refractivity contribution < 1.29 is 14.3 Å². The Kier molecular flexibility index (Phi) is 3.55. The van der Waals surface area contributed by atoms with Crippen LogP contribution in [0.25, 0.3) is 28.6 Å². The average Bonchev–Trinajstić information content (AvgIpc) is 3.34. The van der Waals surface area contributed by atoms with Gasteiger partial charge in [0.2, 0.25) is 11.8 Å². The van der Waals surface area contributed by atoms with E-state index in [2.05, 4.69) is 20.3 Å². The zero-order valence-corrected chi connectivity index (χ0v) is 12.8. The van der Waals surface area contributed by atoms with Crippen molar-refractivity contribution in [2.75, 3.05) is 0 Å². The minimum atomic E-state index is -0.981. The third-order valence-corrected chi connectivity index (χ3v) is 3.60. The molecule has 8 nitrogen and oxygen atoms in total. The fraction of sp³-hybridized carbons (Fsp3) is 0. The highest BCUT2D eigenvalue weighted by atomic mass is 16.4. The summed E-state index contributed by atoms with van der Waals surface area (Å²) >= 11 is 0. The predicted molar refractivity (Wildman–Crippen MR) is 87.0 cm³/mol. The number of carboxylic acids is 1. The maximum Gasteiger partial charge on any atom is 0.335 e. The Morgan fingerprint density at radius 3 is 2.04 bits per heavy atom. The molecule has 0 unspecified atom stereocenters. The van der Waals surface area contributed by atoms with Gasteiger partial charge in [-0.3, -0.25) is 0 Å². The molecule has 2 aromatic heterocycles. The van der Waals surface area contributed by atoms with Crippen LogP contribution in [0.3, 0.4) is 0 Å². The molecular formula is C17H11N5O3. The van der Waals surface area contributed by atoms with Crippen LogP contribution in [-0.2, 0) is 0 Å². The Morgan fingerprint density at radius 1 is 0.920 bits per heavy atom. The van der Waals surface area contributed by atoms with E-state index in [1.807, 2.05) is 24.3 Å². The first-order valence-corrected chi connectivity index (χ1v) is 7.33.